The zero-order valence-electron chi connectivity index (χ0n) is 8.64. The maximum Gasteiger partial charge on any atom is 0.307 e. The number of nitrogens with zero attached hydrogens (tertiary/aromatic N) is 1. The lowest BCUT2D eigenvalue weighted by atomic mass is 10.1. The number of rotatable bonds is 2. The van der Waals surface area contributed by atoms with Crippen molar-refractivity contribution < 1.29 is 19.8 Å². The van der Waals surface area contributed by atoms with Crippen molar-refractivity contribution in [2.24, 2.45) is 11.8 Å². The first kappa shape index (κ1) is 10.4. The first-order chi connectivity index (χ1) is 6.91. The molecule has 0 aromatic heterocycles. The largest absolute Gasteiger partial charge is 0.481 e. The topological polar surface area (TPSA) is 77.8 Å². The van der Waals surface area contributed by atoms with E-state index < -0.39 is 17.5 Å². The van der Waals surface area contributed by atoms with Crippen LogP contribution in [-0.4, -0.2) is 45.7 Å². The number of carboxylic acid groups (broad SMARTS) is 1. The van der Waals surface area contributed by atoms with E-state index in [1.54, 1.807) is 11.8 Å². The summed E-state index contributed by atoms with van der Waals surface area (Å²) >= 11 is 0. The highest BCUT2D eigenvalue weighted by atomic mass is 16.4. The molecule has 1 heterocycles. The Kier molecular flexibility index (Phi) is 2.22. The average Bonchev–Trinajstić information content (AvgIpc) is 2.84. The van der Waals surface area contributed by atoms with E-state index in [-0.39, 0.29) is 11.8 Å². The average molecular weight is 213 g/mol. The van der Waals surface area contributed by atoms with Crippen LogP contribution in [0.3, 0.4) is 0 Å². The Bertz CT molecular complexity index is 313. The summed E-state index contributed by atoms with van der Waals surface area (Å²) in [5.74, 6) is -1.85. The molecular weight excluding hydrogens is 198 g/mol. The fraction of sp³-hybridized carbons (Fsp3) is 0.800. The van der Waals surface area contributed by atoms with Gasteiger partial charge in [-0.05, 0) is 19.8 Å². The predicted octanol–water partition coefficient (Wildman–Crippen LogP) is -0.310. The lowest BCUT2D eigenvalue weighted by Gasteiger charge is -2.18. The summed E-state index contributed by atoms with van der Waals surface area (Å²) < 4.78 is 0. The van der Waals surface area contributed by atoms with Crippen molar-refractivity contribution in [1.29, 1.82) is 0 Å². The van der Waals surface area contributed by atoms with Gasteiger partial charge in [0.1, 0.15) is 0 Å². The molecule has 3 unspecified atom stereocenters. The molecule has 3 atom stereocenters. The number of carbonyl (C=O) groups excluding carboxylic acids is 1. The molecule has 1 amide bonds. The minimum atomic E-state index is -0.890. The molecule has 0 aromatic rings. The molecule has 1 aliphatic carbocycles. The molecule has 2 rings (SSSR count). The third kappa shape index (κ3) is 1.97. The second-order valence-corrected chi connectivity index (χ2v) is 4.79. The van der Waals surface area contributed by atoms with Gasteiger partial charge in [0.05, 0.1) is 17.4 Å². The molecule has 0 spiro atoms. The van der Waals surface area contributed by atoms with Crippen LogP contribution in [0.25, 0.3) is 0 Å². The standard InChI is InChI=1S/C10H15NO4/c1-10(15)2-3-11(5-10)8(12)6-4-7(6)9(13)14/h6-7,15H,2-5H2,1H3,(H,13,14). The molecule has 0 aromatic carbocycles. The van der Waals surface area contributed by atoms with Crippen LogP contribution >= 0.6 is 0 Å². The highest BCUT2D eigenvalue weighted by Gasteiger charge is 2.51. The SMILES string of the molecule is CC1(O)CCN(C(=O)C2CC2C(=O)O)C1. The first-order valence-corrected chi connectivity index (χ1v) is 5.15. The van der Waals surface area contributed by atoms with E-state index in [1.165, 1.54) is 0 Å². The summed E-state index contributed by atoms with van der Waals surface area (Å²) in [6.45, 7) is 2.56. The van der Waals surface area contributed by atoms with Gasteiger partial charge in [0, 0.05) is 13.1 Å². The van der Waals surface area contributed by atoms with Crippen LogP contribution in [-0.2, 0) is 9.59 Å². The Hall–Kier alpha value is -1.10. The van der Waals surface area contributed by atoms with Crippen LogP contribution < -0.4 is 0 Å². The van der Waals surface area contributed by atoms with Crippen molar-refractivity contribution in [3.8, 4) is 0 Å². The van der Waals surface area contributed by atoms with Crippen molar-refractivity contribution in [1.82, 2.24) is 4.90 Å². The predicted molar refractivity (Wildman–Crippen MR) is 51.1 cm³/mol. The van der Waals surface area contributed by atoms with Crippen LogP contribution in [0.1, 0.15) is 19.8 Å². The van der Waals surface area contributed by atoms with Crippen molar-refractivity contribution in [3.05, 3.63) is 0 Å². The molecular formula is C10H15NO4. The molecule has 2 aliphatic rings. The number of carbonyl (C=O) groups is 2. The molecule has 2 fully saturated rings. The molecule has 1 saturated heterocycles. The second kappa shape index (κ2) is 3.20. The summed E-state index contributed by atoms with van der Waals surface area (Å²) in [4.78, 5) is 23.9. The molecule has 1 saturated carbocycles. The Morgan fingerprint density at radius 1 is 1.40 bits per heavy atom. The van der Waals surface area contributed by atoms with Gasteiger partial charge in [0.25, 0.3) is 0 Å². The molecule has 5 nitrogen and oxygen atoms in total. The summed E-state index contributed by atoms with van der Waals surface area (Å²) in [5.41, 5.74) is -0.802. The number of aliphatic hydroxyl groups is 1. The molecule has 0 bridgehead atoms. The lowest BCUT2D eigenvalue weighted by Crippen LogP contribution is -2.35. The van der Waals surface area contributed by atoms with Gasteiger partial charge in [-0.3, -0.25) is 9.59 Å². The van der Waals surface area contributed by atoms with Crippen LogP contribution in [0, 0.1) is 11.8 Å². The Morgan fingerprint density at radius 2 is 2.07 bits per heavy atom. The minimum absolute atomic E-state index is 0.111. The fourth-order valence-corrected chi connectivity index (χ4v) is 2.11. The van der Waals surface area contributed by atoms with E-state index in [4.69, 9.17) is 5.11 Å². The van der Waals surface area contributed by atoms with Crippen molar-refractivity contribution in [3.63, 3.8) is 0 Å². The van der Waals surface area contributed by atoms with Crippen molar-refractivity contribution in [2.45, 2.75) is 25.4 Å². The van der Waals surface area contributed by atoms with E-state index in [2.05, 4.69) is 0 Å². The number of hydrogen-bond acceptors (Lipinski definition) is 3. The van der Waals surface area contributed by atoms with Crippen LogP contribution in [0.15, 0.2) is 0 Å². The van der Waals surface area contributed by atoms with Crippen LogP contribution in [0.5, 0.6) is 0 Å². The maximum atomic E-state index is 11.8. The smallest absolute Gasteiger partial charge is 0.307 e. The third-order valence-corrected chi connectivity index (χ3v) is 3.19. The van der Waals surface area contributed by atoms with Gasteiger partial charge < -0.3 is 15.1 Å². The normalized spacial score (nSPS) is 39.2. The number of β-amino-alcohol motifs (C(OH)–C–C–N with tert-alkyl or cyclic N) is 1. The minimum Gasteiger partial charge on any atom is -0.481 e. The van der Waals surface area contributed by atoms with Crippen LogP contribution in [0.4, 0.5) is 0 Å². The van der Waals surface area contributed by atoms with Crippen molar-refractivity contribution in [2.75, 3.05) is 13.1 Å². The molecule has 2 N–H and O–H groups in total. The van der Waals surface area contributed by atoms with Gasteiger partial charge in [-0.1, -0.05) is 0 Å². The number of hydrogen-bond donors (Lipinski definition) is 2. The molecule has 0 radical (unpaired) electrons. The van der Waals surface area contributed by atoms with Crippen LogP contribution in [0.2, 0.25) is 0 Å². The molecule has 84 valence electrons. The van der Waals surface area contributed by atoms with Crippen molar-refractivity contribution >= 4 is 11.9 Å². The molecule has 1 aliphatic heterocycles. The monoisotopic (exact) mass is 213 g/mol. The summed E-state index contributed by atoms with van der Waals surface area (Å²) in [6, 6.07) is 0. The molecule has 15 heavy (non-hydrogen) atoms. The van der Waals surface area contributed by atoms with Gasteiger partial charge in [-0.15, -0.1) is 0 Å². The van der Waals surface area contributed by atoms with Gasteiger partial charge in [0.15, 0.2) is 0 Å². The fourth-order valence-electron chi connectivity index (χ4n) is 2.11. The zero-order valence-corrected chi connectivity index (χ0v) is 8.64. The number of carboxylic acids is 1. The summed E-state index contributed by atoms with van der Waals surface area (Å²) in [7, 11) is 0. The van der Waals surface area contributed by atoms with E-state index in [0.717, 1.165) is 0 Å². The van der Waals surface area contributed by atoms with E-state index in [1.807, 2.05) is 0 Å². The number of amides is 1. The first-order valence-electron chi connectivity index (χ1n) is 5.15. The van der Waals surface area contributed by atoms with Gasteiger partial charge >= 0.3 is 5.97 Å². The number of likely N-dealkylation sites (tertiary alicyclic amines) is 1. The van der Waals surface area contributed by atoms with Gasteiger partial charge in [-0.2, -0.15) is 0 Å². The highest BCUT2D eigenvalue weighted by Crippen LogP contribution is 2.41. The molecule has 5 heteroatoms. The maximum absolute atomic E-state index is 11.8. The summed E-state index contributed by atoms with van der Waals surface area (Å²) in [6.07, 6.45) is 1.02. The van der Waals surface area contributed by atoms with Gasteiger partial charge in [-0.25, -0.2) is 0 Å². The summed E-state index contributed by atoms with van der Waals surface area (Å²) in [5, 5.41) is 18.4. The zero-order chi connectivity index (χ0) is 11.2. The van der Waals surface area contributed by atoms with Gasteiger partial charge in [0.2, 0.25) is 5.91 Å². The van der Waals surface area contributed by atoms with E-state index in [0.29, 0.717) is 25.9 Å². The van der Waals surface area contributed by atoms with E-state index >= 15 is 0 Å². The third-order valence-electron chi connectivity index (χ3n) is 3.19. The lowest BCUT2D eigenvalue weighted by molar-refractivity contribution is -0.141. The quantitative estimate of drug-likeness (QED) is 0.659. The Balaban J connectivity index is 1.92. The number of aliphatic carboxylic acids is 1. The van der Waals surface area contributed by atoms with E-state index in [9.17, 15) is 14.7 Å². The highest BCUT2D eigenvalue weighted by molar-refractivity contribution is 5.89. The Morgan fingerprint density at radius 3 is 2.47 bits per heavy atom. The Labute approximate surface area is 87.7 Å². The second-order valence-electron chi connectivity index (χ2n) is 4.79.